The van der Waals surface area contributed by atoms with Gasteiger partial charge in [-0.1, -0.05) is 18.2 Å². The summed E-state index contributed by atoms with van der Waals surface area (Å²) in [6, 6.07) is 9.81. The first-order valence-corrected chi connectivity index (χ1v) is 7.57. The molecule has 0 aliphatic heterocycles. The lowest BCUT2D eigenvalue weighted by Gasteiger charge is -2.05. The Kier molecular flexibility index (Phi) is 6.19. The molecule has 0 saturated heterocycles. The van der Waals surface area contributed by atoms with E-state index in [2.05, 4.69) is 15.6 Å². The number of carbonyl (C=O) groups is 1. The largest absolute Gasteiger partial charge is 0.391 e. The maximum Gasteiger partial charge on any atom is 0.274 e. The summed E-state index contributed by atoms with van der Waals surface area (Å²) in [6.07, 6.45) is 5.22. The molecule has 0 bridgehead atoms. The van der Waals surface area contributed by atoms with Crippen molar-refractivity contribution in [2.24, 2.45) is 0 Å². The van der Waals surface area contributed by atoms with Crippen molar-refractivity contribution in [2.45, 2.75) is 13.3 Å². The Morgan fingerprint density at radius 1 is 1.21 bits per heavy atom. The number of rotatable bonds is 7. The zero-order valence-corrected chi connectivity index (χ0v) is 13.3. The monoisotopic (exact) mass is 326 g/mol. The number of anilines is 1. The molecule has 2 rings (SSSR count). The molecule has 1 aromatic heterocycles. The molecule has 24 heavy (non-hydrogen) atoms. The summed E-state index contributed by atoms with van der Waals surface area (Å²) in [5.41, 5.74) is 1.76. The molecule has 1 heterocycles. The number of nitrogens with zero attached hydrogens (tertiary/aromatic N) is 1. The van der Waals surface area contributed by atoms with Gasteiger partial charge in [-0.05, 0) is 54.9 Å². The normalized spacial score (nSPS) is 10.6. The second-order valence-electron chi connectivity index (χ2n) is 5.11. The number of halogens is 1. The van der Waals surface area contributed by atoms with Crippen molar-refractivity contribution in [1.29, 1.82) is 5.41 Å². The van der Waals surface area contributed by atoms with E-state index in [1.54, 1.807) is 30.6 Å². The van der Waals surface area contributed by atoms with E-state index in [-0.39, 0.29) is 11.5 Å². The predicted molar refractivity (Wildman–Crippen MR) is 92.6 cm³/mol. The first-order chi connectivity index (χ1) is 11.6. The molecule has 0 atom stereocenters. The second kappa shape index (κ2) is 8.57. The molecule has 124 valence electrons. The maximum atomic E-state index is 12.9. The average Bonchev–Trinajstić information content (AvgIpc) is 2.58. The molecule has 0 unspecified atom stereocenters. The third-order valence-corrected chi connectivity index (χ3v) is 3.20. The summed E-state index contributed by atoms with van der Waals surface area (Å²) in [6.45, 7) is 2.65. The van der Waals surface area contributed by atoms with Crippen LogP contribution in [0.5, 0.6) is 0 Å². The Hall–Kier alpha value is -3.02. The summed E-state index contributed by atoms with van der Waals surface area (Å²) in [7, 11) is 0. The molecule has 0 fully saturated rings. The first kappa shape index (κ1) is 17.3. The van der Waals surface area contributed by atoms with E-state index in [4.69, 9.17) is 5.41 Å². The number of hydrogen-bond donors (Lipinski definition) is 3. The zero-order chi connectivity index (χ0) is 17.4. The minimum Gasteiger partial charge on any atom is -0.391 e. The number of benzene rings is 1. The highest BCUT2D eigenvalue weighted by molar-refractivity contribution is 6.45. The molecule has 3 N–H and O–H groups in total. The van der Waals surface area contributed by atoms with Gasteiger partial charge in [0.2, 0.25) is 0 Å². The van der Waals surface area contributed by atoms with Gasteiger partial charge >= 0.3 is 0 Å². The van der Waals surface area contributed by atoms with Gasteiger partial charge in [-0.25, -0.2) is 9.37 Å². The van der Waals surface area contributed by atoms with Crippen molar-refractivity contribution in [3.8, 4) is 0 Å². The maximum absolute atomic E-state index is 12.9. The Morgan fingerprint density at radius 3 is 2.54 bits per heavy atom. The van der Waals surface area contributed by atoms with Crippen LogP contribution >= 0.6 is 0 Å². The van der Waals surface area contributed by atoms with Crippen molar-refractivity contribution in [2.75, 3.05) is 11.9 Å². The number of hydrogen-bond acceptors (Lipinski definition) is 4. The molecule has 1 aromatic carbocycles. The van der Waals surface area contributed by atoms with E-state index < -0.39 is 5.91 Å². The lowest BCUT2D eigenvalue weighted by atomic mass is 10.1. The van der Waals surface area contributed by atoms with Crippen LogP contribution in [0.3, 0.4) is 0 Å². The smallest absolute Gasteiger partial charge is 0.274 e. The van der Waals surface area contributed by atoms with Crippen LogP contribution in [0.25, 0.3) is 0 Å². The van der Waals surface area contributed by atoms with Crippen LogP contribution in [0.4, 0.5) is 10.2 Å². The minimum absolute atomic E-state index is 0.159. The van der Waals surface area contributed by atoms with Crippen LogP contribution in [-0.2, 0) is 11.2 Å². The van der Waals surface area contributed by atoms with E-state index >= 15 is 0 Å². The number of aromatic nitrogens is 1. The number of carbonyl (C=O) groups excluding carboxylic acids is 1. The summed E-state index contributed by atoms with van der Waals surface area (Å²) < 4.78 is 12.9. The van der Waals surface area contributed by atoms with Crippen LogP contribution in [0.15, 0.2) is 54.9 Å². The Morgan fingerprint density at radius 2 is 1.92 bits per heavy atom. The summed E-state index contributed by atoms with van der Waals surface area (Å²) in [5.74, 6) is -0.409. The van der Waals surface area contributed by atoms with Crippen molar-refractivity contribution in [1.82, 2.24) is 10.3 Å². The van der Waals surface area contributed by atoms with Gasteiger partial charge in [-0.15, -0.1) is 0 Å². The lowest BCUT2D eigenvalue weighted by Crippen LogP contribution is -2.21. The van der Waals surface area contributed by atoms with Crippen LogP contribution in [-0.4, -0.2) is 23.1 Å². The molecule has 5 nitrogen and oxygen atoms in total. The standard InChI is InChI=1S/C18H19FN4O/c1-2-21-10-9-16(20)18(24)23-17-8-5-14(12-22-17)11-13-3-6-15(19)7-4-13/h3-10,12,20-21H,2,11H2,1H3,(H,22,23,24)/b10-9-,20-16?. The van der Waals surface area contributed by atoms with Crippen molar-refractivity contribution < 1.29 is 9.18 Å². The van der Waals surface area contributed by atoms with E-state index in [0.717, 1.165) is 17.7 Å². The van der Waals surface area contributed by atoms with Gasteiger partial charge in [-0.3, -0.25) is 10.2 Å². The summed E-state index contributed by atoms with van der Waals surface area (Å²) in [5, 5.41) is 13.1. The van der Waals surface area contributed by atoms with Gasteiger partial charge in [0.25, 0.3) is 5.91 Å². The Labute approximate surface area is 140 Å². The van der Waals surface area contributed by atoms with Gasteiger partial charge in [0, 0.05) is 12.7 Å². The SMILES string of the molecule is CCN/C=C\C(=N)C(=O)Nc1ccc(Cc2ccc(F)cc2)cn1. The number of pyridine rings is 1. The Bertz CT molecular complexity index is 724. The zero-order valence-electron chi connectivity index (χ0n) is 13.3. The van der Waals surface area contributed by atoms with E-state index in [9.17, 15) is 9.18 Å². The van der Waals surface area contributed by atoms with Crippen LogP contribution < -0.4 is 10.6 Å². The van der Waals surface area contributed by atoms with Crippen molar-refractivity contribution >= 4 is 17.4 Å². The first-order valence-electron chi connectivity index (χ1n) is 7.57. The molecular weight excluding hydrogens is 307 g/mol. The predicted octanol–water partition coefficient (Wildman–Crippen LogP) is 2.89. The van der Waals surface area contributed by atoms with Gasteiger partial charge in [0.15, 0.2) is 0 Å². The van der Waals surface area contributed by atoms with Crippen LogP contribution in [0.1, 0.15) is 18.1 Å². The summed E-state index contributed by atoms with van der Waals surface area (Å²) >= 11 is 0. The molecule has 0 aliphatic rings. The third-order valence-electron chi connectivity index (χ3n) is 3.20. The van der Waals surface area contributed by atoms with Gasteiger partial charge in [0.05, 0.1) is 0 Å². The van der Waals surface area contributed by atoms with Crippen LogP contribution in [0, 0.1) is 11.2 Å². The van der Waals surface area contributed by atoms with E-state index in [1.165, 1.54) is 18.2 Å². The van der Waals surface area contributed by atoms with Gasteiger partial charge < -0.3 is 10.6 Å². The third kappa shape index (κ3) is 5.31. The molecule has 6 heteroatoms. The fourth-order valence-electron chi connectivity index (χ4n) is 1.96. The average molecular weight is 326 g/mol. The molecule has 0 saturated carbocycles. The highest BCUT2D eigenvalue weighted by Crippen LogP contribution is 2.11. The van der Waals surface area contributed by atoms with Gasteiger partial charge in [0.1, 0.15) is 17.3 Å². The quantitative estimate of drug-likeness (QED) is 0.685. The van der Waals surface area contributed by atoms with E-state index in [1.807, 2.05) is 13.0 Å². The highest BCUT2D eigenvalue weighted by atomic mass is 19.1. The Balaban J connectivity index is 1.93. The van der Waals surface area contributed by atoms with E-state index in [0.29, 0.717) is 12.2 Å². The lowest BCUT2D eigenvalue weighted by molar-refractivity contribution is -0.110. The molecule has 0 spiro atoms. The molecular formula is C18H19FN4O. The molecule has 0 aliphatic carbocycles. The highest BCUT2D eigenvalue weighted by Gasteiger charge is 2.07. The minimum atomic E-state index is -0.525. The number of amides is 1. The fourth-order valence-corrected chi connectivity index (χ4v) is 1.96. The second-order valence-corrected chi connectivity index (χ2v) is 5.11. The topological polar surface area (TPSA) is 77.9 Å². The van der Waals surface area contributed by atoms with Crippen molar-refractivity contribution in [3.05, 3.63) is 71.8 Å². The molecule has 1 amide bonds. The molecule has 0 radical (unpaired) electrons. The van der Waals surface area contributed by atoms with Gasteiger partial charge in [-0.2, -0.15) is 0 Å². The summed E-state index contributed by atoms with van der Waals surface area (Å²) in [4.78, 5) is 16.0. The van der Waals surface area contributed by atoms with Crippen LogP contribution in [0.2, 0.25) is 0 Å². The molecule has 2 aromatic rings. The number of nitrogens with one attached hydrogen (secondary N) is 3. The fraction of sp³-hybridized carbons (Fsp3) is 0.167. The van der Waals surface area contributed by atoms with Crippen molar-refractivity contribution in [3.63, 3.8) is 0 Å².